The van der Waals surface area contributed by atoms with Gasteiger partial charge in [0.15, 0.2) is 0 Å². The molecule has 0 fully saturated rings. The van der Waals surface area contributed by atoms with E-state index in [2.05, 4.69) is 24.5 Å². The molecule has 150 valence electrons. The number of thiazole rings is 1. The third kappa shape index (κ3) is 4.83. The van der Waals surface area contributed by atoms with Crippen molar-refractivity contribution in [2.45, 2.75) is 52.5 Å². The zero-order chi connectivity index (χ0) is 19.9. The zero-order valence-electron chi connectivity index (χ0n) is 16.3. The molecule has 3 rings (SSSR count). The summed E-state index contributed by atoms with van der Waals surface area (Å²) in [7, 11) is 0. The Kier molecular flexibility index (Phi) is 7.28. The van der Waals surface area contributed by atoms with E-state index in [0.29, 0.717) is 13.0 Å². The van der Waals surface area contributed by atoms with Crippen LogP contribution >= 0.6 is 22.7 Å². The molecule has 7 heteroatoms. The maximum atomic E-state index is 12.2. The first-order valence-corrected chi connectivity index (χ1v) is 11.4. The van der Waals surface area contributed by atoms with Crippen LogP contribution in [0.5, 0.6) is 0 Å². The van der Waals surface area contributed by atoms with Gasteiger partial charge >= 0.3 is 11.0 Å². The van der Waals surface area contributed by atoms with Crippen LogP contribution in [-0.2, 0) is 24.1 Å². The quantitative estimate of drug-likeness (QED) is 0.456. The molecule has 0 radical (unpaired) electrons. The molecule has 0 aliphatic carbocycles. The van der Waals surface area contributed by atoms with E-state index in [4.69, 9.17) is 4.74 Å². The molecular formula is C21H26N2O3S2. The highest BCUT2D eigenvalue weighted by molar-refractivity contribution is 7.16. The average molecular weight is 419 g/mol. The first-order chi connectivity index (χ1) is 13.6. The summed E-state index contributed by atoms with van der Waals surface area (Å²) in [5.41, 5.74) is 3.50. The molecule has 0 aliphatic heterocycles. The highest BCUT2D eigenvalue weighted by Crippen LogP contribution is 2.30. The molecule has 5 nitrogen and oxygen atoms in total. The Morgan fingerprint density at radius 2 is 1.96 bits per heavy atom. The van der Waals surface area contributed by atoms with Crippen molar-refractivity contribution in [3.05, 3.63) is 50.4 Å². The predicted octanol–water partition coefficient (Wildman–Crippen LogP) is 5.67. The van der Waals surface area contributed by atoms with Crippen LogP contribution in [-0.4, -0.2) is 17.3 Å². The van der Waals surface area contributed by atoms with Gasteiger partial charge in [0.2, 0.25) is 0 Å². The van der Waals surface area contributed by atoms with Gasteiger partial charge in [0.05, 0.1) is 16.8 Å². The minimum Gasteiger partial charge on any atom is -0.449 e. The Labute approximate surface area is 173 Å². The molecule has 28 heavy (non-hydrogen) atoms. The predicted molar refractivity (Wildman–Crippen MR) is 118 cm³/mol. The minimum atomic E-state index is -0.426. The van der Waals surface area contributed by atoms with Crippen molar-refractivity contribution in [3.63, 3.8) is 0 Å². The lowest BCUT2D eigenvalue weighted by molar-refractivity contribution is 0.158. The van der Waals surface area contributed by atoms with E-state index < -0.39 is 6.09 Å². The monoisotopic (exact) mass is 418 g/mol. The number of hydrogen-bond acceptors (Lipinski definition) is 5. The number of nitrogens with zero attached hydrogens (tertiary/aromatic N) is 1. The minimum absolute atomic E-state index is 0.0249. The number of aryl methyl sites for hydroxylation is 2. The Morgan fingerprint density at radius 1 is 1.18 bits per heavy atom. The smallest absolute Gasteiger partial charge is 0.412 e. The van der Waals surface area contributed by atoms with Crippen LogP contribution in [0.2, 0.25) is 0 Å². The van der Waals surface area contributed by atoms with Gasteiger partial charge in [-0.3, -0.25) is 14.7 Å². The molecule has 0 atom stereocenters. The molecule has 0 unspecified atom stereocenters. The number of carbonyl (C=O) groups excluding carboxylic acids is 1. The van der Waals surface area contributed by atoms with Crippen molar-refractivity contribution in [2.24, 2.45) is 0 Å². The van der Waals surface area contributed by atoms with Gasteiger partial charge in [-0.15, -0.1) is 11.3 Å². The van der Waals surface area contributed by atoms with Crippen molar-refractivity contribution >= 4 is 44.0 Å². The molecule has 0 aliphatic rings. The highest BCUT2D eigenvalue weighted by Gasteiger charge is 2.14. The van der Waals surface area contributed by atoms with Gasteiger partial charge in [0.1, 0.15) is 5.00 Å². The lowest BCUT2D eigenvalue weighted by atomic mass is 10.0. The molecular weight excluding hydrogens is 392 g/mol. The van der Waals surface area contributed by atoms with Crippen LogP contribution in [0, 0.1) is 0 Å². The molecule has 0 bridgehead atoms. The summed E-state index contributed by atoms with van der Waals surface area (Å²) < 4.78 is 8.07. The fourth-order valence-corrected chi connectivity index (χ4v) is 5.22. The summed E-state index contributed by atoms with van der Waals surface area (Å²) >= 11 is 2.81. The third-order valence-corrected chi connectivity index (χ3v) is 6.50. The number of anilines is 1. The Bertz CT molecular complexity index is 987. The summed E-state index contributed by atoms with van der Waals surface area (Å²) in [6, 6.07) is 7.75. The average Bonchev–Trinajstić information content (AvgIpc) is 3.20. The zero-order valence-corrected chi connectivity index (χ0v) is 18.0. The standard InChI is InChI=1S/C21H26N2O3S2/c1-3-8-15-14-27-19(16(15)9-4-2)22-20(24)26-13-7-12-23-17-10-5-6-11-18(17)28-21(23)25/h5-6,10-11,14H,3-4,7-9,12-13H2,1-2H3,(H,22,24). The fourth-order valence-electron chi connectivity index (χ4n) is 3.27. The van der Waals surface area contributed by atoms with Gasteiger partial charge < -0.3 is 4.74 Å². The first kappa shape index (κ1) is 20.6. The van der Waals surface area contributed by atoms with Crippen molar-refractivity contribution in [3.8, 4) is 0 Å². The summed E-state index contributed by atoms with van der Waals surface area (Å²) in [4.78, 5) is 24.3. The van der Waals surface area contributed by atoms with E-state index in [0.717, 1.165) is 40.9 Å². The molecule has 0 saturated heterocycles. The summed E-state index contributed by atoms with van der Waals surface area (Å²) in [6.45, 7) is 5.12. The van der Waals surface area contributed by atoms with Crippen molar-refractivity contribution < 1.29 is 9.53 Å². The number of para-hydroxylation sites is 1. The Hall–Kier alpha value is -2.12. The Balaban J connectivity index is 1.52. The summed E-state index contributed by atoms with van der Waals surface area (Å²) in [5.74, 6) is 0. The second-order valence-electron chi connectivity index (χ2n) is 6.67. The highest BCUT2D eigenvalue weighted by atomic mass is 32.1. The van der Waals surface area contributed by atoms with Crippen LogP contribution in [0.15, 0.2) is 34.4 Å². The van der Waals surface area contributed by atoms with Crippen LogP contribution in [0.25, 0.3) is 10.2 Å². The largest absolute Gasteiger partial charge is 0.449 e. The van der Waals surface area contributed by atoms with Gasteiger partial charge in [0.25, 0.3) is 0 Å². The van der Waals surface area contributed by atoms with Gasteiger partial charge in [-0.1, -0.05) is 50.2 Å². The number of carbonyl (C=O) groups is 1. The van der Waals surface area contributed by atoms with Crippen LogP contribution in [0.1, 0.15) is 44.2 Å². The normalized spacial score (nSPS) is 11.1. The number of benzene rings is 1. The topological polar surface area (TPSA) is 60.3 Å². The first-order valence-electron chi connectivity index (χ1n) is 9.75. The molecule has 1 amide bonds. The van der Waals surface area contributed by atoms with E-state index in [1.54, 1.807) is 15.9 Å². The number of thiophene rings is 1. The molecule has 1 N–H and O–H groups in total. The van der Waals surface area contributed by atoms with E-state index in [1.807, 2.05) is 24.3 Å². The number of amides is 1. The lowest BCUT2D eigenvalue weighted by Gasteiger charge is -2.09. The summed E-state index contributed by atoms with van der Waals surface area (Å²) in [6.07, 6.45) is 4.30. The molecule has 0 spiro atoms. The van der Waals surface area contributed by atoms with Gasteiger partial charge in [-0.05, 0) is 47.9 Å². The number of ether oxygens (including phenoxy) is 1. The molecule has 3 aromatic rings. The molecule has 2 aromatic heterocycles. The second-order valence-corrected chi connectivity index (χ2v) is 8.54. The third-order valence-electron chi connectivity index (χ3n) is 4.55. The van der Waals surface area contributed by atoms with Gasteiger partial charge in [0, 0.05) is 6.54 Å². The maximum absolute atomic E-state index is 12.2. The second kappa shape index (κ2) is 9.89. The summed E-state index contributed by atoms with van der Waals surface area (Å²) in [5, 5.41) is 5.94. The SMILES string of the molecule is CCCc1csc(NC(=O)OCCCn2c(=O)sc3ccccc32)c1CCC. The maximum Gasteiger partial charge on any atom is 0.412 e. The van der Waals surface area contributed by atoms with E-state index >= 15 is 0 Å². The molecule has 0 saturated carbocycles. The number of nitrogens with one attached hydrogen (secondary N) is 1. The van der Waals surface area contributed by atoms with E-state index in [9.17, 15) is 9.59 Å². The van der Waals surface area contributed by atoms with Crippen molar-refractivity contribution in [1.82, 2.24) is 4.57 Å². The van der Waals surface area contributed by atoms with E-state index in [1.165, 1.54) is 22.5 Å². The molecule has 1 aromatic carbocycles. The lowest BCUT2D eigenvalue weighted by Crippen LogP contribution is -2.18. The van der Waals surface area contributed by atoms with Crippen LogP contribution in [0.3, 0.4) is 0 Å². The van der Waals surface area contributed by atoms with Gasteiger partial charge in [-0.25, -0.2) is 4.79 Å². The van der Waals surface area contributed by atoms with Crippen LogP contribution < -0.4 is 10.2 Å². The van der Waals surface area contributed by atoms with E-state index in [-0.39, 0.29) is 11.5 Å². The molecule has 2 heterocycles. The Morgan fingerprint density at radius 3 is 2.75 bits per heavy atom. The fraction of sp³-hybridized carbons (Fsp3) is 0.429. The number of hydrogen-bond donors (Lipinski definition) is 1. The van der Waals surface area contributed by atoms with Crippen molar-refractivity contribution in [1.29, 1.82) is 0 Å². The number of rotatable bonds is 9. The van der Waals surface area contributed by atoms with Gasteiger partial charge in [-0.2, -0.15) is 0 Å². The van der Waals surface area contributed by atoms with Crippen molar-refractivity contribution in [2.75, 3.05) is 11.9 Å². The number of aromatic nitrogens is 1. The van der Waals surface area contributed by atoms with Crippen LogP contribution in [0.4, 0.5) is 9.80 Å². The number of fused-ring (bicyclic) bond motifs is 1.